The first-order valence-electron chi connectivity index (χ1n) is 34.1. The summed E-state index contributed by atoms with van der Waals surface area (Å²) in [6.07, 6.45) is 28.0. The number of allylic oxidation sites excluding steroid dienone is 2. The molecule has 18 atom stereocenters. The number of likely N-dealkylation sites (N-methyl/N-ethyl adjacent to an activating group) is 1. The summed E-state index contributed by atoms with van der Waals surface area (Å²) < 4.78 is 47.1. The lowest BCUT2D eigenvalue weighted by atomic mass is 9.47. The van der Waals surface area contributed by atoms with E-state index in [9.17, 15) is 28.6 Å². The molecule has 0 aromatic rings. The molecule has 6 saturated carbocycles. The Bertz CT molecular complexity index is 2380. The summed E-state index contributed by atoms with van der Waals surface area (Å²) in [7, 11) is 1.16. The highest BCUT2D eigenvalue weighted by Crippen LogP contribution is 2.69. The van der Waals surface area contributed by atoms with Crippen LogP contribution in [0.2, 0.25) is 0 Å². The average Bonchev–Trinajstić information content (AvgIpc) is 2.65. The number of hydrogen-bond acceptors (Lipinski definition) is 11. The van der Waals surface area contributed by atoms with Crippen LogP contribution >= 0.6 is 7.82 Å². The molecule has 84 heavy (non-hydrogen) atoms. The van der Waals surface area contributed by atoms with Crippen molar-refractivity contribution in [1.29, 1.82) is 0 Å². The van der Waals surface area contributed by atoms with Gasteiger partial charge in [0.15, 0.2) is 6.10 Å². The topological polar surface area (TPSA) is 161 Å². The fourth-order valence-electron chi connectivity index (χ4n) is 19.7. The van der Waals surface area contributed by atoms with Crippen LogP contribution in [0.15, 0.2) is 23.3 Å². The van der Waals surface area contributed by atoms with Crippen molar-refractivity contribution in [1.82, 2.24) is 0 Å². The van der Waals surface area contributed by atoms with Gasteiger partial charge in [-0.3, -0.25) is 28.2 Å². The number of rotatable bonds is 28. The van der Waals surface area contributed by atoms with Crippen LogP contribution in [-0.2, 0) is 51.7 Å². The van der Waals surface area contributed by atoms with Crippen LogP contribution in [0.4, 0.5) is 0 Å². The van der Waals surface area contributed by atoms with Crippen molar-refractivity contribution in [3.8, 4) is 0 Å². The Hall–Kier alpha value is -2.57. The van der Waals surface area contributed by atoms with E-state index in [0.717, 1.165) is 92.3 Å². The number of phosphoric acid groups is 1. The van der Waals surface area contributed by atoms with Crippen LogP contribution in [-0.4, -0.2) is 99.1 Å². The van der Waals surface area contributed by atoms with Crippen molar-refractivity contribution in [3.05, 3.63) is 23.3 Å². The van der Waals surface area contributed by atoms with Gasteiger partial charge in [0.1, 0.15) is 32.0 Å². The molecule has 14 unspecified atom stereocenters. The largest absolute Gasteiger partial charge is 0.472 e. The fourth-order valence-corrected chi connectivity index (χ4v) is 20.4. The molecule has 478 valence electrons. The van der Waals surface area contributed by atoms with Crippen LogP contribution in [0, 0.1) is 92.7 Å². The number of carbonyl (C=O) groups excluding carboxylic acids is 4. The maximum Gasteiger partial charge on any atom is 0.472 e. The van der Waals surface area contributed by atoms with E-state index in [1.165, 1.54) is 101 Å². The van der Waals surface area contributed by atoms with Crippen molar-refractivity contribution < 1.29 is 61.1 Å². The summed E-state index contributed by atoms with van der Waals surface area (Å²) in [5.41, 5.74) is 3.93. The number of quaternary nitrogens is 1. The summed E-state index contributed by atoms with van der Waals surface area (Å²) in [5.74, 6) is 6.54. The Morgan fingerprint density at radius 3 is 1.48 bits per heavy atom. The standard InChI is InChI=1S/C70H116NO12P/c1-46(2)16-14-18-48(5)57-24-26-59-55-22-20-50-42-52(32-36-67(50,7)61(55)34-38-69(57,59)9)81-64(73)29-28-63(72)78-44-54(45-80-84(76,77)79-41-40-71(11,12)13)83-66(75)31-30-65(74)82-53-33-37-68(8)51(43-53)21-23-56-60-27-25-58(49(6)19-15-17-47(3)4)70(60,10)39-35-62(56)68/h20-21,46-49,52-62H,14-19,22-45H2,1-13H3/p+1/t48-,49-,52?,53?,54+,55?,56?,57?,58-,59?,60?,61?,62?,67?,68?,69?,70?/m0/s1. The Morgan fingerprint density at radius 2 is 1.02 bits per heavy atom. The maximum absolute atomic E-state index is 13.4. The van der Waals surface area contributed by atoms with Gasteiger partial charge < -0.3 is 28.3 Å². The number of phosphoric ester groups is 1. The quantitative estimate of drug-likeness (QED) is 0.0260. The number of esters is 4. The lowest BCUT2D eigenvalue weighted by Gasteiger charge is -2.58. The zero-order valence-electron chi connectivity index (χ0n) is 54.9. The predicted molar refractivity (Wildman–Crippen MR) is 330 cm³/mol. The number of carbonyl (C=O) groups is 4. The SMILES string of the molecule is CC(C)CCC[C@H](C)C1CCC2C3CC=C4CC(OC(=O)CCC(=O)OC[C@H](COP(=O)(O)OCC[N+](C)(C)C)OC(=O)CCC(=O)OC5CCC6(C)C(=CCC7C6CCC6(C)C7CC[C@H]6[C@@H](C)CCCC(C)C)C5)CCC4(C)C3CCC21C. The van der Waals surface area contributed by atoms with Gasteiger partial charge in [-0.1, -0.05) is 131 Å². The van der Waals surface area contributed by atoms with Gasteiger partial charge in [-0.15, -0.1) is 0 Å². The second-order valence-corrected chi connectivity index (χ2v) is 33.1. The molecule has 8 aliphatic carbocycles. The molecule has 8 aliphatic rings. The number of ether oxygens (including phenoxy) is 4. The molecule has 0 aromatic heterocycles. The van der Waals surface area contributed by atoms with Crippen LogP contribution in [0.1, 0.15) is 236 Å². The van der Waals surface area contributed by atoms with Crippen molar-refractivity contribution in [2.24, 2.45) is 92.7 Å². The van der Waals surface area contributed by atoms with Crippen LogP contribution in [0.25, 0.3) is 0 Å². The minimum atomic E-state index is -4.59. The summed E-state index contributed by atoms with van der Waals surface area (Å²) in [6, 6.07) is 0. The highest BCUT2D eigenvalue weighted by Gasteiger charge is 2.61. The van der Waals surface area contributed by atoms with Crippen molar-refractivity contribution in [2.45, 2.75) is 254 Å². The maximum atomic E-state index is 13.4. The summed E-state index contributed by atoms with van der Waals surface area (Å²) in [5, 5.41) is 0. The Balaban J connectivity index is 0.781. The van der Waals surface area contributed by atoms with Crippen LogP contribution in [0.5, 0.6) is 0 Å². The van der Waals surface area contributed by atoms with E-state index in [1.54, 1.807) is 0 Å². The normalized spacial score (nSPS) is 36.2. The van der Waals surface area contributed by atoms with Gasteiger partial charge in [-0.25, -0.2) is 4.57 Å². The molecular weight excluding hydrogens is 1080 g/mol. The van der Waals surface area contributed by atoms with Gasteiger partial charge >= 0.3 is 31.7 Å². The third-order valence-corrected chi connectivity index (χ3v) is 25.3. The van der Waals surface area contributed by atoms with Gasteiger partial charge in [0.05, 0.1) is 53.4 Å². The second-order valence-electron chi connectivity index (χ2n) is 31.7. The van der Waals surface area contributed by atoms with Crippen LogP contribution in [0.3, 0.4) is 0 Å². The lowest BCUT2D eigenvalue weighted by Crippen LogP contribution is -2.51. The molecule has 6 fully saturated rings. The summed E-state index contributed by atoms with van der Waals surface area (Å²) >= 11 is 0. The molecule has 13 nitrogen and oxygen atoms in total. The molecule has 0 spiro atoms. The molecule has 0 amide bonds. The monoisotopic (exact) mass is 1190 g/mol. The molecule has 0 bridgehead atoms. The molecule has 0 saturated heterocycles. The zero-order chi connectivity index (χ0) is 61.0. The molecule has 0 radical (unpaired) electrons. The molecule has 1 N–H and O–H groups in total. The summed E-state index contributed by atoms with van der Waals surface area (Å²) in [6.45, 7) is 23.9. The predicted octanol–water partition coefficient (Wildman–Crippen LogP) is 15.7. The minimum Gasteiger partial charge on any atom is -0.462 e. The van der Waals surface area contributed by atoms with E-state index in [4.69, 9.17) is 28.0 Å². The number of hydrogen-bond donors (Lipinski definition) is 1. The number of nitrogens with zero attached hydrogens (tertiary/aromatic N) is 1. The third-order valence-electron chi connectivity index (χ3n) is 24.4. The molecule has 0 heterocycles. The Labute approximate surface area is 508 Å². The number of fused-ring (bicyclic) bond motifs is 10. The van der Waals surface area contributed by atoms with Crippen LogP contribution < -0.4 is 0 Å². The van der Waals surface area contributed by atoms with E-state index in [2.05, 4.69) is 81.4 Å². The second kappa shape index (κ2) is 28.1. The van der Waals surface area contributed by atoms with Crippen molar-refractivity contribution in [3.63, 3.8) is 0 Å². The lowest BCUT2D eigenvalue weighted by molar-refractivity contribution is -0.870. The van der Waals surface area contributed by atoms with E-state index < -0.39 is 51.0 Å². The van der Waals surface area contributed by atoms with E-state index in [-0.39, 0.29) is 55.3 Å². The zero-order valence-corrected chi connectivity index (χ0v) is 55.8. The minimum absolute atomic E-state index is 0.0659. The smallest absolute Gasteiger partial charge is 0.462 e. The van der Waals surface area contributed by atoms with Gasteiger partial charge in [-0.05, 0) is 183 Å². The first-order valence-corrected chi connectivity index (χ1v) is 35.6. The van der Waals surface area contributed by atoms with E-state index in [1.807, 2.05) is 21.1 Å². The molecule has 8 rings (SSSR count). The highest BCUT2D eigenvalue weighted by molar-refractivity contribution is 7.47. The van der Waals surface area contributed by atoms with Gasteiger partial charge in [0.25, 0.3) is 0 Å². The molecule has 14 heteroatoms. The van der Waals surface area contributed by atoms with Crippen molar-refractivity contribution >= 4 is 31.7 Å². The Kier molecular flexibility index (Phi) is 22.5. The first kappa shape index (κ1) is 67.4. The third kappa shape index (κ3) is 16.1. The average molecular weight is 1200 g/mol. The van der Waals surface area contributed by atoms with Gasteiger partial charge in [0, 0.05) is 12.8 Å². The van der Waals surface area contributed by atoms with Gasteiger partial charge in [-0.2, -0.15) is 0 Å². The van der Waals surface area contributed by atoms with Gasteiger partial charge in [0.2, 0.25) is 0 Å². The van der Waals surface area contributed by atoms with E-state index >= 15 is 0 Å². The Morgan fingerprint density at radius 1 is 0.571 bits per heavy atom. The molecule has 0 aliphatic heterocycles. The molecular formula is C70H117NO12P+. The summed E-state index contributed by atoms with van der Waals surface area (Å²) in [4.78, 5) is 63.7. The molecule has 0 aromatic carbocycles. The first-order chi connectivity index (χ1) is 39.5. The highest BCUT2D eigenvalue weighted by atomic mass is 31.2. The fraction of sp³-hybridized carbons (Fsp3) is 0.886. The van der Waals surface area contributed by atoms with Crippen molar-refractivity contribution in [2.75, 3.05) is 47.5 Å². The van der Waals surface area contributed by atoms with E-state index in [0.29, 0.717) is 52.0 Å².